The maximum atomic E-state index is 12.4. The summed E-state index contributed by atoms with van der Waals surface area (Å²) in [6.07, 6.45) is 0.483. The zero-order chi connectivity index (χ0) is 20.3. The van der Waals surface area contributed by atoms with Crippen molar-refractivity contribution in [1.29, 1.82) is 0 Å². The molecule has 3 rings (SSSR count). The number of aryl methyl sites for hydroxylation is 2. The number of aromatic amines is 2. The Bertz CT molecular complexity index is 1070. The molecule has 0 aliphatic carbocycles. The highest BCUT2D eigenvalue weighted by atomic mass is 16.5. The van der Waals surface area contributed by atoms with Crippen molar-refractivity contribution in [1.82, 2.24) is 14.5 Å². The molecule has 148 valence electrons. The lowest BCUT2D eigenvalue weighted by Gasteiger charge is -2.06. The highest BCUT2D eigenvalue weighted by molar-refractivity contribution is 5.98. The number of para-hydroxylation sites is 2. The lowest BCUT2D eigenvalue weighted by molar-refractivity contribution is 0.0488. The van der Waals surface area contributed by atoms with Gasteiger partial charge in [-0.3, -0.25) is 4.57 Å². The van der Waals surface area contributed by atoms with Crippen LogP contribution in [0.15, 0.2) is 29.1 Å². The highest BCUT2D eigenvalue weighted by Crippen LogP contribution is 2.20. The molecule has 2 heterocycles. The van der Waals surface area contributed by atoms with Crippen molar-refractivity contribution >= 4 is 23.0 Å². The number of carbonyl (C=O) groups excluding carboxylic acids is 2. The third kappa shape index (κ3) is 3.71. The smallest absolute Gasteiger partial charge is 0.355 e. The van der Waals surface area contributed by atoms with Gasteiger partial charge < -0.3 is 19.4 Å². The van der Waals surface area contributed by atoms with Crippen LogP contribution >= 0.6 is 0 Å². The predicted octanol–water partition coefficient (Wildman–Crippen LogP) is 2.70. The molecule has 8 nitrogen and oxygen atoms in total. The molecular formula is C20H23N3O5. The van der Waals surface area contributed by atoms with E-state index >= 15 is 0 Å². The number of nitrogens with one attached hydrogen (secondary N) is 2. The highest BCUT2D eigenvalue weighted by Gasteiger charge is 2.23. The Balaban J connectivity index is 1.62. The summed E-state index contributed by atoms with van der Waals surface area (Å²) >= 11 is 0. The molecule has 0 saturated carbocycles. The van der Waals surface area contributed by atoms with Crippen LogP contribution in [-0.4, -0.2) is 39.7 Å². The number of hydrogen-bond donors (Lipinski definition) is 2. The van der Waals surface area contributed by atoms with E-state index in [0.29, 0.717) is 29.8 Å². The Morgan fingerprint density at radius 3 is 2.57 bits per heavy atom. The van der Waals surface area contributed by atoms with Crippen LogP contribution in [0.2, 0.25) is 0 Å². The number of rotatable bonds is 7. The molecule has 0 aliphatic rings. The van der Waals surface area contributed by atoms with Gasteiger partial charge >= 0.3 is 17.6 Å². The second-order valence-corrected chi connectivity index (χ2v) is 6.43. The second kappa shape index (κ2) is 8.16. The molecule has 0 radical (unpaired) electrons. The first-order chi connectivity index (χ1) is 13.4. The summed E-state index contributed by atoms with van der Waals surface area (Å²) in [6, 6.07) is 7.42. The van der Waals surface area contributed by atoms with Crippen LogP contribution in [0.25, 0.3) is 11.0 Å². The predicted molar refractivity (Wildman–Crippen MR) is 104 cm³/mol. The number of ether oxygens (including phenoxy) is 2. The number of fused-ring (bicyclic) bond motifs is 1. The second-order valence-electron chi connectivity index (χ2n) is 6.43. The van der Waals surface area contributed by atoms with Crippen molar-refractivity contribution in [2.45, 2.75) is 33.7 Å². The van der Waals surface area contributed by atoms with Gasteiger partial charge in [0.2, 0.25) is 0 Å². The number of carbonyl (C=O) groups is 2. The summed E-state index contributed by atoms with van der Waals surface area (Å²) in [5.74, 6) is -1.01. The van der Waals surface area contributed by atoms with Crippen LogP contribution in [0.5, 0.6) is 0 Å². The summed E-state index contributed by atoms with van der Waals surface area (Å²) in [5, 5.41) is 0. The topological polar surface area (TPSA) is 106 Å². The molecule has 2 N–H and O–H groups in total. The number of hydrogen-bond acceptors (Lipinski definition) is 5. The molecule has 0 atom stereocenters. The molecule has 0 spiro atoms. The van der Waals surface area contributed by atoms with Gasteiger partial charge in [0.25, 0.3) is 0 Å². The largest absolute Gasteiger partial charge is 0.462 e. The van der Waals surface area contributed by atoms with Gasteiger partial charge in [-0.1, -0.05) is 12.1 Å². The van der Waals surface area contributed by atoms with Crippen LogP contribution < -0.4 is 5.69 Å². The normalized spacial score (nSPS) is 11.0. The van der Waals surface area contributed by atoms with E-state index in [2.05, 4.69) is 9.97 Å². The molecule has 3 aromatic rings. The third-order valence-electron chi connectivity index (χ3n) is 4.56. The summed E-state index contributed by atoms with van der Waals surface area (Å²) in [4.78, 5) is 42.1. The molecular weight excluding hydrogens is 362 g/mol. The summed E-state index contributed by atoms with van der Waals surface area (Å²) < 4.78 is 12.0. The van der Waals surface area contributed by atoms with Crippen LogP contribution in [0.4, 0.5) is 0 Å². The van der Waals surface area contributed by atoms with E-state index < -0.39 is 11.9 Å². The third-order valence-corrected chi connectivity index (χ3v) is 4.56. The number of H-pyrrole nitrogens is 2. The van der Waals surface area contributed by atoms with E-state index in [1.165, 1.54) is 0 Å². The van der Waals surface area contributed by atoms with E-state index in [1.54, 1.807) is 25.3 Å². The van der Waals surface area contributed by atoms with E-state index in [4.69, 9.17) is 9.47 Å². The maximum absolute atomic E-state index is 12.4. The van der Waals surface area contributed by atoms with Gasteiger partial charge in [-0.05, 0) is 44.9 Å². The fraction of sp³-hybridized carbons (Fsp3) is 0.350. The molecule has 0 unspecified atom stereocenters. The molecule has 8 heteroatoms. The molecule has 1 aromatic carbocycles. The van der Waals surface area contributed by atoms with E-state index in [-0.39, 0.29) is 24.6 Å². The first kappa shape index (κ1) is 19.5. The first-order valence-corrected chi connectivity index (χ1v) is 9.15. The minimum absolute atomic E-state index is 0.150. The summed E-state index contributed by atoms with van der Waals surface area (Å²) in [5.41, 5.74) is 3.07. The van der Waals surface area contributed by atoms with Crippen LogP contribution in [0, 0.1) is 13.8 Å². The fourth-order valence-electron chi connectivity index (χ4n) is 3.25. The molecule has 0 amide bonds. The SMILES string of the molecule is CCOC(=O)c1c(C)[nH]c(C(=O)OCCCn2c(=O)[nH]c3ccccc32)c1C. The Kier molecular flexibility index (Phi) is 5.67. The fourth-order valence-corrected chi connectivity index (χ4v) is 3.25. The number of imidazole rings is 1. The number of aromatic nitrogens is 3. The Labute approximate surface area is 161 Å². The van der Waals surface area contributed by atoms with Gasteiger partial charge in [-0.2, -0.15) is 0 Å². The number of esters is 2. The number of benzene rings is 1. The lowest BCUT2D eigenvalue weighted by Crippen LogP contribution is -2.18. The zero-order valence-corrected chi connectivity index (χ0v) is 16.1. The average molecular weight is 385 g/mol. The number of nitrogens with zero attached hydrogens (tertiary/aromatic N) is 1. The lowest BCUT2D eigenvalue weighted by atomic mass is 10.1. The maximum Gasteiger partial charge on any atom is 0.355 e. The Morgan fingerprint density at radius 1 is 1.07 bits per heavy atom. The van der Waals surface area contributed by atoms with Crippen molar-refractivity contribution in [3.8, 4) is 0 Å². The van der Waals surface area contributed by atoms with Gasteiger partial charge in [0, 0.05) is 12.2 Å². The molecule has 2 aromatic heterocycles. The standard InChI is InChI=1S/C20H23N3O5/c1-4-27-18(24)16-12(2)17(21-13(16)3)19(25)28-11-7-10-23-15-9-6-5-8-14(15)22-20(23)26/h5-6,8-9,21H,4,7,10-11H2,1-3H3,(H,22,26). The van der Waals surface area contributed by atoms with Crippen molar-refractivity contribution in [3.05, 3.63) is 57.3 Å². The minimum Gasteiger partial charge on any atom is -0.462 e. The van der Waals surface area contributed by atoms with Gasteiger partial charge in [-0.15, -0.1) is 0 Å². The average Bonchev–Trinajstić information content (AvgIpc) is 3.14. The van der Waals surface area contributed by atoms with E-state index in [1.807, 2.05) is 24.3 Å². The van der Waals surface area contributed by atoms with Gasteiger partial charge in [0.05, 0.1) is 29.8 Å². The van der Waals surface area contributed by atoms with Crippen molar-refractivity contribution < 1.29 is 19.1 Å². The molecule has 0 saturated heterocycles. The first-order valence-electron chi connectivity index (χ1n) is 9.15. The van der Waals surface area contributed by atoms with Gasteiger partial charge in [0.1, 0.15) is 5.69 Å². The van der Waals surface area contributed by atoms with E-state index in [0.717, 1.165) is 11.0 Å². The van der Waals surface area contributed by atoms with Crippen LogP contribution in [0.1, 0.15) is 45.4 Å². The Hall–Kier alpha value is -3.29. The zero-order valence-electron chi connectivity index (χ0n) is 16.1. The van der Waals surface area contributed by atoms with Crippen LogP contribution in [0.3, 0.4) is 0 Å². The monoisotopic (exact) mass is 385 g/mol. The molecule has 28 heavy (non-hydrogen) atoms. The van der Waals surface area contributed by atoms with E-state index in [9.17, 15) is 14.4 Å². The van der Waals surface area contributed by atoms with Crippen molar-refractivity contribution in [3.63, 3.8) is 0 Å². The summed E-state index contributed by atoms with van der Waals surface area (Å²) in [6.45, 7) is 5.95. The van der Waals surface area contributed by atoms with Crippen molar-refractivity contribution in [2.75, 3.05) is 13.2 Å². The minimum atomic E-state index is -0.539. The van der Waals surface area contributed by atoms with Crippen molar-refractivity contribution in [2.24, 2.45) is 0 Å². The quantitative estimate of drug-likeness (QED) is 0.480. The summed E-state index contributed by atoms with van der Waals surface area (Å²) in [7, 11) is 0. The molecule has 0 aliphatic heterocycles. The molecule has 0 bridgehead atoms. The molecule has 0 fully saturated rings. The van der Waals surface area contributed by atoms with Gasteiger partial charge in [0.15, 0.2) is 0 Å². The van der Waals surface area contributed by atoms with Gasteiger partial charge in [-0.25, -0.2) is 14.4 Å². The van der Waals surface area contributed by atoms with Crippen LogP contribution in [-0.2, 0) is 16.0 Å². The Morgan fingerprint density at radius 2 is 1.82 bits per heavy atom.